The molecule has 2 unspecified atom stereocenters. The molecule has 0 bridgehead atoms. The van der Waals surface area contributed by atoms with Crippen LogP contribution in [0.25, 0.3) is 16.6 Å². The van der Waals surface area contributed by atoms with Crippen LogP contribution in [0.2, 0.25) is 5.02 Å². The number of carbonyl (C=O) groups is 1. The molecule has 0 spiro atoms. The van der Waals surface area contributed by atoms with Crippen molar-refractivity contribution in [2.45, 2.75) is 83.6 Å². The fraction of sp³-hybridized carbons (Fsp3) is 0.500. The summed E-state index contributed by atoms with van der Waals surface area (Å²) in [5.41, 5.74) is 1.66. The Morgan fingerprint density at radius 3 is 2.46 bits per heavy atom. The van der Waals surface area contributed by atoms with Gasteiger partial charge in [0.05, 0.1) is 22.8 Å². The van der Waals surface area contributed by atoms with E-state index >= 15 is 0 Å². The van der Waals surface area contributed by atoms with Crippen LogP contribution in [0, 0.1) is 17.6 Å². The minimum atomic E-state index is -0.950. The van der Waals surface area contributed by atoms with E-state index < -0.39 is 17.6 Å². The molecular weight excluding hydrogens is 468 g/mol. The first-order chi connectivity index (χ1) is 16.9. The Morgan fingerprint density at radius 1 is 1.11 bits per heavy atom. The van der Waals surface area contributed by atoms with Gasteiger partial charge in [-0.3, -0.25) is 4.79 Å². The fourth-order valence-electron chi connectivity index (χ4n) is 5.33. The van der Waals surface area contributed by atoms with Crippen molar-refractivity contribution in [3.05, 3.63) is 58.7 Å². The van der Waals surface area contributed by atoms with E-state index in [0.29, 0.717) is 27.3 Å². The Morgan fingerprint density at radius 2 is 1.80 bits per heavy atom. The molecule has 1 aliphatic rings. The Kier molecular flexibility index (Phi) is 8.42. The van der Waals surface area contributed by atoms with Crippen LogP contribution in [-0.4, -0.2) is 21.7 Å². The van der Waals surface area contributed by atoms with E-state index in [9.17, 15) is 13.6 Å². The second-order valence-corrected chi connectivity index (χ2v) is 10.1. The van der Waals surface area contributed by atoms with E-state index in [1.165, 1.54) is 6.07 Å². The van der Waals surface area contributed by atoms with Crippen molar-refractivity contribution >= 4 is 28.4 Å². The minimum absolute atomic E-state index is 0.0541. The number of carbonyl (C=O) groups excluding carboxylic acids is 1. The molecule has 1 heterocycles. The largest absolute Gasteiger partial charge is 0.353 e. The third-order valence-corrected chi connectivity index (χ3v) is 7.52. The maximum absolute atomic E-state index is 14.5. The molecule has 0 radical (unpaired) electrons. The molecule has 1 aliphatic carbocycles. The number of nitrogens with one attached hydrogen (secondary N) is 1. The van der Waals surface area contributed by atoms with Gasteiger partial charge in [-0.25, -0.2) is 13.5 Å². The van der Waals surface area contributed by atoms with Gasteiger partial charge in [-0.1, -0.05) is 57.6 Å². The molecule has 4 nitrogen and oxygen atoms in total. The first-order valence-corrected chi connectivity index (χ1v) is 13.2. The summed E-state index contributed by atoms with van der Waals surface area (Å²) < 4.78 is 30.3. The molecular formula is C28H34ClF2N3O. The van der Waals surface area contributed by atoms with E-state index in [1.54, 1.807) is 16.8 Å². The molecule has 7 heteroatoms. The molecule has 1 amide bonds. The van der Waals surface area contributed by atoms with Gasteiger partial charge in [0.1, 0.15) is 0 Å². The van der Waals surface area contributed by atoms with Gasteiger partial charge < -0.3 is 5.32 Å². The summed E-state index contributed by atoms with van der Waals surface area (Å²) in [6.45, 7) is 4.23. The lowest BCUT2D eigenvalue weighted by Crippen LogP contribution is -2.41. The Hall–Kier alpha value is -2.47. The first kappa shape index (κ1) is 25.6. The number of amides is 1. The number of benzene rings is 2. The van der Waals surface area contributed by atoms with Crippen molar-refractivity contribution in [2.75, 3.05) is 0 Å². The van der Waals surface area contributed by atoms with Crippen LogP contribution in [0.1, 0.15) is 83.2 Å². The zero-order valence-corrected chi connectivity index (χ0v) is 21.3. The normalized spacial score (nSPS) is 16.4. The number of rotatable bonds is 9. The molecule has 1 fully saturated rings. The van der Waals surface area contributed by atoms with E-state index in [0.717, 1.165) is 63.9 Å². The second-order valence-electron chi connectivity index (χ2n) is 9.69. The van der Waals surface area contributed by atoms with Crippen molar-refractivity contribution in [3.8, 4) is 5.69 Å². The monoisotopic (exact) mass is 501 g/mol. The molecule has 3 aromatic rings. The van der Waals surface area contributed by atoms with Crippen LogP contribution in [0.3, 0.4) is 0 Å². The van der Waals surface area contributed by atoms with Crippen LogP contribution in [-0.2, 0) is 4.79 Å². The van der Waals surface area contributed by atoms with Crippen molar-refractivity contribution in [1.82, 2.24) is 15.1 Å². The maximum Gasteiger partial charge on any atom is 0.229 e. The molecule has 4 rings (SSSR count). The fourth-order valence-corrected chi connectivity index (χ4v) is 5.45. The molecule has 35 heavy (non-hydrogen) atoms. The number of hydrogen-bond donors (Lipinski definition) is 1. The van der Waals surface area contributed by atoms with Crippen molar-refractivity contribution in [2.24, 2.45) is 5.92 Å². The summed E-state index contributed by atoms with van der Waals surface area (Å²) >= 11 is 6.12. The van der Waals surface area contributed by atoms with Gasteiger partial charge in [0.25, 0.3) is 0 Å². The van der Waals surface area contributed by atoms with E-state index in [1.807, 2.05) is 12.1 Å². The lowest BCUT2D eigenvalue weighted by molar-refractivity contribution is -0.125. The quantitative estimate of drug-likeness (QED) is 0.326. The van der Waals surface area contributed by atoms with Gasteiger partial charge in [0.15, 0.2) is 11.6 Å². The van der Waals surface area contributed by atoms with Crippen LogP contribution in [0.5, 0.6) is 0 Å². The Bertz CT molecular complexity index is 1160. The predicted octanol–water partition coefficient (Wildman–Crippen LogP) is 7.71. The average Bonchev–Trinajstić information content (AvgIpc) is 3.21. The molecule has 2 atom stereocenters. The average molecular weight is 502 g/mol. The summed E-state index contributed by atoms with van der Waals surface area (Å²) in [6.07, 6.45) is 8.97. The lowest BCUT2D eigenvalue weighted by Gasteiger charge is -2.31. The van der Waals surface area contributed by atoms with Gasteiger partial charge >= 0.3 is 0 Å². The molecule has 0 aliphatic heterocycles. The van der Waals surface area contributed by atoms with Gasteiger partial charge in [-0.05, 0) is 61.9 Å². The molecule has 0 saturated heterocycles. The molecule has 188 valence electrons. The summed E-state index contributed by atoms with van der Waals surface area (Å²) in [7, 11) is 0. The standard InChI is InChI=1S/C28H34ClF2N3O/c1-3-5-11-20(4-2)32-28(35)26(18-9-7-6-8-10-18)27-22-16-23(30)24(31)17-25(22)33-34(27)21-14-12-19(29)13-15-21/h12-18,20,26H,3-11H2,1-2H3,(H,32,35). The highest BCUT2D eigenvalue weighted by molar-refractivity contribution is 6.30. The van der Waals surface area contributed by atoms with Crippen molar-refractivity contribution in [1.29, 1.82) is 0 Å². The summed E-state index contributed by atoms with van der Waals surface area (Å²) in [5.74, 6) is -2.36. The van der Waals surface area contributed by atoms with E-state index in [2.05, 4.69) is 24.3 Å². The summed E-state index contributed by atoms with van der Waals surface area (Å²) in [6, 6.07) is 9.53. The smallest absolute Gasteiger partial charge is 0.229 e. The highest BCUT2D eigenvalue weighted by Crippen LogP contribution is 2.40. The van der Waals surface area contributed by atoms with Gasteiger partial charge in [0.2, 0.25) is 5.91 Å². The first-order valence-electron chi connectivity index (χ1n) is 12.9. The third-order valence-electron chi connectivity index (χ3n) is 7.27. The van der Waals surface area contributed by atoms with Crippen molar-refractivity contribution < 1.29 is 13.6 Å². The third kappa shape index (κ3) is 5.69. The van der Waals surface area contributed by atoms with Crippen LogP contribution in [0.4, 0.5) is 8.78 Å². The predicted molar refractivity (Wildman–Crippen MR) is 137 cm³/mol. The summed E-state index contributed by atoms with van der Waals surface area (Å²) in [4.78, 5) is 14.0. The molecule has 1 saturated carbocycles. The SMILES string of the molecule is CCCCC(CC)NC(=O)C(c1c2cc(F)c(F)cc2nn1-c1ccc(Cl)cc1)C1CCCCC1. The Balaban J connectivity index is 1.87. The molecule has 1 N–H and O–H groups in total. The van der Waals surface area contributed by atoms with Crippen molar-refractivity contribution in [3.63, 3.8) is 0 Å². The molecule has 1 aromatic heterocycles. The van der Waals surface area contributed by atoms with E-state index in [4.69, 9.17) is 11.6 Å². The highest BCUT2D eigenvalue weighted by Gasteiger charge is 2.36. The van der Waals surface area contributed by atoms with Gasteiger partial charge in [-0.15, -0.1) is 0 Å². The Labute approximate surface area is 211 Å². The zero-order valence-electron chi connectivity index (χ0n) is 20.5. The minimum Gasteiger partial charge on any atom is -0.353 e. The summed E-state index contributed by atoms with van der Waals surface area (Å²) in [5, 5.41) is 9.00. The number of nitrogens with zero attached hydrogens (tertiary/aromatic N) is 2. The van der Waals surface area contributed by atoms with Crippen LogP contribution < -0.4 is 5.32 Å². The number of hydrogen-bond acceptors (Lipinski definition) is 2. The zero-order chi connectivity index (χ0) is 24.9. The van der Waals surface area contributed by atoms with E-state index in [-0.39, 0.29) is 17.9 Å². The molecule has 2 aromatic carbocycles. The van der Waals surface area contributed by atoms with Crippen LogP contribution >= 0.6 is 11.6 Å². The highest BCUT2D eigenvalue weighted by atomic mass is 35.5. The van der Waals surface area contributed by atoms with Gasteiger partial charge in [-0.2, -0.15) is 5.10 Å². The lowest BCUT2D eigenvalue weighted by atomic mass is 9.77. The van der Waals surface area contributed by atoms with Crippen LogP contribution in [0.15, 0.2) is 36.4 Å². The number of halogens is 3. The number of aromatic nitrogens is 2. The van der Waals surface area contributed by atoms with Gasteiger partial charge in [0, 0.05) is 22.5 Å². The topological polar surface area (TPSA) is 46.9 Å². The number of unbranched alkanes of at least 4 members (excludes halogenated alkanes) is 1. The number of fused-ring (bicyclic) bond motifs is 1. The second kappa shape index (κ2) is 11.5. The maximum atomic E-state index is 14.5.